The van der Waals surface area contributed by atoms with Crippen molar-refractivity contribution < 1.29 is 14.3 Å². The van der Waals surface area contributed by atoms with Crippen LogP contribution in [0.5, 0.6) is 0 Å². The van der Waals surface area contributed by atoms with Gasteiger partial charge in [0.2, 0.25) is 11.9 Å². The zero-order valence-electron chi connectivity index (χ0n) is 17.6. The Hall–Kier alpha value is -3.19. The van der Waals surface area contributed by atoms with Gasteiger partial charge >= 0.3 is 0 Å². The molecule has 158 valence electrons. The summed E-state index contributed by atoms with van der Waals surface area (Å²) in [6.07, 6.45) is 2.07. The molecule has 0 bridgehead atoms. The van der Waals surface area contributed by atoms with E-state index >= 15 is 0 Å². The van der Waals surface area contributed by atoms with Crippen LogP contribution in [-0.2, 0) is 9.53 Å². The Labute approximate surface area is 176 Å². The van der Waals surface area contributed by atoms with Crippen molar-refractivity contribution in [3.63, 3.8) is 0 Å². The third-order valence-electron chi connectivity index (χ3n) is 5.01. The Morgan fingerprint density at radius 1 is 1.13 bits per heavy atom. The van der Waals surface area contributed by atoms with Gasteiger partial charge in [-0.05, 0) is 62.1 Å². The lowest BCUT2D eigenvalue weighted by molar-refractivity contribution is -0.114. The number of ether oxygens (including phenoxy) is 1. The average molecular weight is 409 g/mol. The summed E-state index contributed by atoms with van der Waals surface area (Å²) < 4.78 is 5.65. The second-order valence-electron chi connectivity index (χ2n) is 7.41. The molecule has 1 aliphatic heterocycles. The van der Waals surface area contributed by atoms with Gasteiger partial charge in [0, 0.05) is 30.5 Å². The van der Waals surface area contributed by atoms with E-state index in [1.807, 2.05) is 32.0 Å². The number of amides is 2. The molecule has 7 heteroatoms. The number of carbonyl (C=O) groups is 2. The van der Waals surface area contributed by atoms with E-state index in [4.69, 9.17) is 4.74 Å². The number of guanidine groups is 1. The summed E-state index contributed by atoms with van der Waals surface area (Å²) in [6, 6.07) is 12.7. The van der Waals surface area contributed by atoms with Crippen molar-refractivity contribution in [1.29, 1.82) is 0 Å². The first-order valence-corrected chi connectivity index (χ1v) is 10.1. The zero-order chi connectivity index (χ0) is 21.5. The van der Waals surface area contributed by atoms with Gasteiger partial charge in [-0.2, -0.15) is 0 Å². The molecule has 2 amide bonds. The van der Waals surface area contributed by atoms with Crippen molar-refractivity contribution in [2.75, 3.05) is 23.8 Å². The summed E-state index contributed by atoms with van der Waals surface area (Å²) in [5, 5.41) is 8.80. The van der Waals surface area contributed by atoms with Gasteiger partial charge in [-0.15, -0.1) is 0 Å². The molecular weight excluding hydrogens is 380 g/mol. The van der Waals surface area contributed by atoms with Crippen LogP contribution in [0.25, 0.3) is 0 Å². The third kappa shape index (κ3) is 5.90. The van der Waals surface area contributed by atoms with Crippen LogP contribution in [0, 0.1) is 13.8 Å². The number of carbonyl (C=O) groups excluding carboxylic acids is 2. The molecule has 1 fully saturated rings. The second kappa shape index (κ2) is 10.0. The summed E-state index contributed by atoms with van der Waals surface area (Å²) in [4.78, 5) is 28.7. The van der Waals surface area contributed by atoms with Gasteiger partial charge in [-0.3, -0.25) is 14.9 Å². The van der Waals surface area contributed by atoms with Crippen molar-refractivity contribution in [2.24, 2.45) is 4.99 Å². The van der Waals surface area contributed by atoms with Crippen LogP contribution in [-0.4, -0.2) is 37.0 Å². The van der Waals surface area contributed by atoms with E-state index in [0.717, 1.165) is 36.3 Å². The first-order chi connectivity index (χ1) is 14.4. The molecule has 30 heavy (non-hydrogen) atoms. The maximum Gasteiger partial charge on any atom is 0.258 e. The summed E-state index contributed by atoms with van der Waals surface area (Å²) in [5.41, 5.74) is 4.11. The summed E-state index contributed by atoms with van der Waals surface area (Å²) in [6.45, 7) is 6.71. The van der Waals surface area contributed by atoms with Crippen LogP contribution in [0.1, 0.15) is 41.3 Å². The smallest absolute Gasteiger partial charge is 0.258 e. The van der Waals surface area contributed by atoms with Gasteiger partial charge in [0.15, 0.2) is 0 Å². The van der Waals surface area contributed by atoms with E-state index in [1.54, 1.807) is 24.3 Å². The van der Waals surface area contributed by atoms with E-state index in [-0.39, 0.29) is 17.9 Å². The number of aryl methyl sites for hydroxylation is 1. The highest BCUT2D eigenvalue weighted by Gasteiger charge is 2.17. The van der Waals surface area contributed by atoms with Crippen molar-refractivity contribution >= 4 is 29.1 Å². The molecule has 1 saturated heterocycles. The van der Waals surface area contributed by atoms with Crippen molar-refractivity contribution in [2.45, 2.75) is 39.7 Å². The molecule has 1 heterocycles. The topological polar surface area (TPSA) is 91.8 Å². The molecule has 0 spiro atoms. The van der Waals surface area contributed by atoms with Gasteiger partial charge in [0.25, 0.3) is 5.91 Å². The molecule has 2 aromatic carbocycles. The normalized spacial score (nSPS) is 16.2. The van der Waals surface area contributed by atoms with Gasteiger partial charge < -0.3 is 15.4 Å². The van der Waals surface area contributed by atoms with Crippen LogP contribution in [0.15, 0.2) is 47.5 Å². The van der Waals surface area contributed by atoms with E-state index in [2.05, 4.69) is 20.9 Å². The number of hydrogen-bond donors (Lipinski definition) is 3. The first kappa shape index (κ1) is 21.5. The Morgan fingerprint density at radius 3 is 2.67 bits per heavy atom. The minimum absolute atomic E-state index is 0.0698. The zero-order valence-corrected chi connectivity index (χ0v) is 17.6. The van der Waals surface area contributed by atoms with Crippen LogP contribution >= 0.6 is 0 Å². The lowest BCUT2D eigenvalue weighted by Gasteiger charge is -2.16. The molecule has 0 unspecified atom stereocenters. The number of anilines is 2. The van der Waals surface area contributed by atoms with Crippen LogP contribution in [0.2, 0.25) is 0 Å². The van der Waals surface area contributed by atoms with Gasteiger partial charge in [-0.25, -0.2) is 4.99 Å². The third-order valence-corrected chi connectivity index (χ3v) is 5.01. The van der Waals surface area contributed by atoms with Crippen LogP contribution < -0.4 is 16.0 Å². The lowest BCUT2D eigenvalue weighted by atomic mass is 10.1. The number of nitrogens with zero attached hydrogens (tertiary/aromatic N) is 1. The van der Waals surface area contributed by atoms with Gasteiger partial charge in [0.05, 0.1) is 12.6 Å². The van der Waals surface area contributed by atoms with Crippen molar-refractivity contribution in [3.05, 3.63) is 59.2 Å². The van der Waals surface area contributed by atoms with Crippen molar-refractivity contribution in [1.82, 2.24) is 5.32 Å². The number of rotatable bonds is 5. The first-order valence-electron chi connectivity index (χ1n) is 10.1. The molecule has 3 N–H and O–H groups in total. The van der Waals surface area contributed by atoms with Crippen molar-refractivity contribution in [3.8, 4) is 0 Å². The highest BCUT2D eigenvalue weighted by molar-refractivity contribution is 6.10. The number of benzene rings is 2. The molecule has 0 radical (unpaired) electrons. The highest BCUT2D eigenvalue weighted by Crippen LogP contribution is 2.18. The Balaban J connectivity index is 1.79. The largest absolute Gasteiger partial charge is 0.376 e. The lowest BCUT2D eigenvalue weighted by Crippen LogP contribution is -2.37. The second-order valence-corrected chi connectivity index (χ2v) is 7.41. The standard InChI is InChI=1S/C23H28N4O3/c1-15-7-4-11-21(16(15)2)26-23(24-14-20-10-6-12-30-20)27-22(29)18-8-5-9-19(13-18)25-17(3)28/h4-5,7-9,11,13,20H,6,10,12,14H2,1-3H3,(H,25,28)(H2,24,26,27,29)/t20-/m0/s1. The molecule has 3 rings (SSSR count). The van der Waals surface area contributed by atoms with Crippen LogP contribution in [0.3, 0.4) is 0 Å². The maximum absolute atomic E-state index is 12.9. The van der Waals surface area contributed by atoms with Gasteiger partial charge in [0.1, 0.15) is 0 Å². The minimum Gasteiger partial charge on any atom is -0.376 e. The monoisotopic (exact) mass is 408 g/mol. The predicted octanol–water partition coefficient (Wildman–Crippen LogP) is 3.64. The fraction of sp³-hybridized carbons (Fsp3) is 0.348. The molecule has 1 atom stereocenters. The minimum atomic E-state index is -0.314. The summed E-state index contributed by atoms with van der Waals surface area (Å²) >= 11 is 0. The van der Waals surface area contributed by atoms with E-state index < -0.39 is 0 Å². The fourth-order valence-corrected chi connectivity index (χ4v) is 3.23. The predicted molar refractivity (Wildman–Crippen MR) is 119 cm³/mol. The molecule has 0 aliphatic carbocycles. The number of hydrogen-bond acceptors (Lipinski definition) is 4. The quantitative estimate of drug-likeness (QED) is 0.520. The SMILES string of the molecule is CC(=O)Nc1cccc(C(=O)NC(=NC[C@@H]2CCCO2)Nc2cccc(C)c2C)c1. The van der Waals surface area contributed by atoms with E-state index in [0.29, 0.717) is 23.8 Å². The molecule has 1 aliphatic rings. The number of aliphatic imine (C=N–C) groups is 1. The Kier molecular flexibility index (Phi) is 7.19. The molecule has 2 aromatic rings. The Bertz CT molecular complexity index is 949. The van der Waals surface area contributed by atoms with Gasteiger partial charge in [-0.1, -0.05) is 18.2 Å². The molecular formula is C23H28N4O3. The average Bonchev–Trinajstić information content (AvgIpc) is 3.23. The van der Waals surface area contributed by atoms with Crippen LogP contribution in [0.4, 0.5) is 11.4 Å². The summed E-state index contributed by atoms with van der Waals surface area (Å²) in [5.74, 6) is -0.136. The fourth-order valence-electron chi connectivity index (χ4n) is 3.23. The summed E-state index contributed by atoms with van der Waals surface area (Å²) in [7, 11) is 0. The highest BCUT2D eigenvalue weighted by atomic mass is 16.5. The maximum atomic E-state index is 12.9. The molecule has 0 saturated carbocycles. The Morgan fingerprint density at radius 2 is 1.93 bits per heavy atom. The van der Waals surface area contributed by atoms with E-state index in [9.17, 15) is 9.59 Å². The molecule has 7 nitrogen and oxygen atoms in total. The number of nitrogens with one attached hydrogen (secondary N) is 3. The van der Waals surface area contributed by atoms with E-state index in [1.165, 1.54) is 6.92 Å². The molecule has 0 aromatic heterocycles.